The van der Waals surface area contributed by atoms with E-state index in [1.54, 1.807) is 6.20 Å². The first-order valence-corrected chi connectivity index (χ1v) is 10.5. The molecule has 5 N–H and O–H groups in total. The van der Waals surface area contributed by atoms with E-state index in [2.05, 4.69) is 20.6 Å². The van der Waals surface area contributed by atoms with Crippen LogP contribution in [0, 0.1) is 0 Å². The Morgan fingerprint density at radius 3 is 2.44 bits per heavy atom. The topological polar surface area (TPSA) is 95.8 Å². The van der Waals surface area contributed by atoms with Gasteiger partial charge in [0, 0.05) is 52.2 Å². The van der Waals surface area contributed by atoms with Crippen molar-refractivity contribution in [3.05, 3.63) is 96.8 Å². The zero-order valence-electron chi connectivity index (χ0n) is 17.4. The Hall–Kier alpha value is -4.32. The van der Waals surface area contributed by atoms with Gasteiger partial charge in [0.1, 0.15) is 6.04 Å². The van der Waals surface area contributed by atoms with Gasteiger partial charge in [-0.3, -0.25) is 9.78 Å². The standard InChI is InChI=1S/C26H23N5O/c27-26(32)25(15-17-16-29-22-7-3-1-5-20(17)22)31-19-11-9-18(10-12-19)30-24-13-14-28-23-8-4-2-6-21(23)24/h1-14,16,25,29,31H,15H2,(H2,27,32)(H,28,30)/t25-/m1/s1. The number of H-pyrrole nitrogens is 1. The van der Waals surface area contributed by atoms with Crippen LogP contribution < -0.4 is 16.4 Å². The molecule has 0 aliphatic rings. The zero-order valence-corrected chi connectivity index (χ0v) is 17.4. The van der Waals surface area contributed by atoms with E-state index >= 15 is 0 Å². The molecule has 0 saturated carbocycles. The number of aromatic nitrogens is 2. The summed E-state index contributed by atoms with van der Waals surface area (Å²) in [6, 6.07) is 25.3. The SMILES string of the molecule is NC(=O)[C@@H](Cc1c[nH]c2ccccc12)Nc1ccc(Nc2ccnc3ccccc23)cc1. The van der Waals surface area contributed by atoms with Crippen LogP contribution in [-0.2, 0) is 11.2 Å². The second-order valence-electron chi connectivity index (χ2n) is 7.74. The summed E-state index contributed by atoms with van der Waals surface area (Å²) < 4.78 is 0. The first kappa shape index (κ1) is 19.6. The van der Waals surface area contributed by atoms with Crippen molar-refractivity contribution in [2.24, 2.45) is 5.73 Å². The minimum atomic E-state index is -0.517. The molecule has 6 heteroatoms. The summed E-state index contributed by atoms with van der Waals surface area (Å²) in [6.45, 7) is 0. The maximum Gasteiger partial charge on any atom is 0.240 e. The summed E-state index contributed by atoms with van der Waals surface area (Å²) in [5, 5.41) is 8.88. The molecule has 0 aliphatic heterocycles. The van der Waals surface area contributed by atoms with Crippen LogP contribution in [0.4, 0.5) is 17.1 Å². The third kappa shape index (κ3) is 3.98. The highest BCUT2D eigenvalue weighted by molar-refractivity contribution is 5.93. The quantitative estimate of drug-likeness (QED) is 0.298. The number of nitrogens with one attached hydrogen (secondary N) is 3. The molecule has 5 aromatic rings. The van der Waals surface area contributed by atoms with Crippen LogP contribution in [0.15, 0.2) is 91.3 Å². The van der Waals surface area contributed by atoms with Gasteiger partial charge in [0.15, 0.2) is 0 Å². The van der Waals surface area contributed by atoms with Crippen LogP contribution in [-0.4, -0.2) is 21.9 Å². The number of primary amides is 1. The van der Waals surface area contributed by atoms with Crippen molar-refractivity contribution in [2.75, 3.05) is 10.6 Å². The van der Waals surface area contributed by atoms with Crippen LogP contribution in [0.1, 0.15) is 5.56 Å². The molecule has 2 aromatic heterocycles. The van der Waals surface area contributed by atoms with Gasteiger partial charge >= 0.3 is 0 Å². The predicted octanol–water partition coefficient (Wildman–Crippen LogP) is 4.97. The highest BCUT2D eigenvalue weighted by atomic mass is 16.1. The number of rotatable bonds is 7. The fourth-order valence-electron chi connectivity index (χ4n) is 3.95. The molecule has 6 nitrogen and oxygen atoms in total. The maximum atomic E-state index is 12.1. The van der Waals surface area contributed by atoms with Gasteiger partial charge in [-0.05, 0) is 48.0 Å². The number of hydrogen-bond acceptors (Lipinski definition) is 4. The predicted molar refractivity (Wildman–Crippen MR) is 130 cm³/mol. The fraction of sp³-hybridized carbons (Fsp3) is 0.0769. The summed E-state index contributed by atoms with van der Waals surface area (Å²) >= 11 is 0. The third-order valence-corrected chi connectivity index (χ3v) is 5.60. The van der Waals surface area contributed by atoms with E-state index in [1.165, 1.54) is 0 Å². The summed E-state index contributed by atoms with van der Waals surface area (Å²) in [7, 11) is 0. The molecular formula is C26H23N5O. The number of nitrogens with two attached hydrogens (primary N) is 1. The Morgan fingerprint density at radius 2 is 1.62 bits per heavy atom. The molecule has 1 amide bonds. The van der Waals surface area contributed by atoms with Gasteiger partial charge in [0.25, 0.3) is 0 Å². The first-order chi connectivity index (χ1) is 15.7. The van der Waals surface area contributed by atoms with Gasteiger partial charge < -0.3 is 21.4 Å². The van der Waals surface area contributed by atoms with Crippen LogP contribution in [0.5, 0.6) is 0 Å². The molecular weight excluding hydrogens is 398 g/mol. The summed E-state index contributed by atoms with van der Waals surface area (Å²) in [5.74, 6) is -0.388. The number of amides is 1. The number of fused-ring (bicyclic) bond motifs is 2. The van der Waals surface area contributed by atoms with Crippen LogP contribution in [0.3, 0.4) is 0 Å². The van der Waals surface area contributed by atoms with Crippen LogP contribution in [0.25, 0.3) is 21.8 Å². The Balaban J connectivity index is 1.32. The average molecular weight is 422 g/mol. The van der Waals surface area contributed by atoms with Gasteiger partial charge in [-0.15, -0.1) is 0 Å². The van der Waals surface area contributed by atoms with E-state index in [4.69, 9.17) is 5.73 Å². The lowest BCUT2D eigenvalue weighted by Gasteiger charge is -2.17. The average Bonchev–Trinajstić information content (AvgIpc) is 3.23. The minimum Gasteiger partial charge on any atom is -0.373 e. The minimum absolute atomic E-state index is 0.388. The number of aromatic amines is 1. The van der Waals surface area contributed by atoms with Crippen LogP contribution >= 0.6 is 0 Å². The molecule has 3 aromatic carbocycles. The van der Waals surface area contributed by atoms with Crippen molar-refractivity contribution in [1.82, 2.24) is 9.97 Å². The molecule has 5 rings (SSSR count). The number of carbonyl (C=O) groups excluding carboxylic acids is 1. The Bertz CT molecular complexity index is 1390. The normalized spacial score (nSPS) is 12.0. The number of para-hydroxylation sites is 2. The van der Waals surface area contributed by atoms with E-state index < -0.39 is 6.04 Å². The molecule has 2 heterocycles. The van der Waals surface area contributed by atoms with Crippen molar-refractivity contribution < 1.29 is 4.79 Å². The third-order valence-electron chi connectivity index (χ3n) is 5.60. The van der Waals surface area contributed by atoms with Crippen LogP contribution in [0.2, 0.25) is 0 Å². The molecule has 0 saturated heterocycles. The highest BCUT2D eigenvalue weighted by Gasteiger charge is 2.18. The number of pyridine rings is 1. The van der Waals surface area contributed by atoms with Gasteiger partial charge in [-0.1, -0.05) is 36.4 Å². The summed E-state index contributed by atoms with van der Waals surface area (Å²) in [6.07, 6.45) is 4.24. The fourth-order valence-corrected chi connectivity index (χ4v) is 3.95. The number of hydrogen-bond donors (Lipinski definition) is 4. The first-order valence-electron chi connectivity index (χ1n) is 10.5. The molecule has 0 aliphatic carbocycles. The highest BCUT2D eigenvalue weighted by Crippen LogP contribution is 2.26. The largest absolute Gasteiger partial charge is 0.373 e. The molecule has 0 fully saturated rings. The molecule has 0 spiro atoms. The molecule has 158 valence electrons. The van der Waals surface area contributed by atoms with Gasteiger partial charge in [0.2, 0.25) is 5.91 Å². The Labute approximate surface area is 185 Å². The second kappa shape index (κ2) is 8.43. The molecule has 0 radical (unpaired) electrons. The lowest BCUT2D eigenvalue weighted by molar-refractivity contribution is -0.118. The van der Waals surface area contributed by atoms with Crippen molar-refractivity contribution in [3.8, 4) is 0 Å². The lowest BCUT2D eigenvalue weighted by atomic mass is 10.0. The number of benzene rings is 3. The number of nitrogens with zero attached hydrogens (tertiary/aromatic N) is 1. The van der Waals surface area contributed by atoms with E-state index in [0.717, 1.165) is 44.4 Å². The monoisotopic (exact) mass is 421 g/mol. The maximum absolute atomic E-state index is 12.1. The smallest absolute Gasteiger partial charge is 0.240 e. The van der Waals surface area contributed by atoms with Gasteiger partial charge in [-0.2, -0.15) is 0 Å². The summed E-state index contributed by atoms with van der Waals surface area (Å²) in [4.78, 5) is 19.8. The van der Waals surface area contributed by atoms with E-state index in [-0.39, 0.29) is 5.91 Å². The zero-order chi connectivity index (χ0) is 21.9. The van der Waals surface area contributed by atoms with Gasteiger partial charge in [0.05, 0.1) is 5.52 Å². The number of carbonyl (C=O) groups is 1. The van der Waals surface area contributed by atoms with Crippen molar-refractivity contribution in [3.63, 3.8) is 0 Å². The summed E-state index contributed by atoms with van der Waals surface area (Å²) in [5.41, 5.74) is 11.5. The molecule has 0 unspecified atom stereocenters. The van der Waals surface area contributed by atoms with E-state index in [1.807, 2.05) is 85.1 Å². The van der Waals surface area contributed by atoms with E-state index in [9.17, 15) is 4.79 Å². The molecule has 1 atom stereocenters. The molecule has 0 bridgehead atoms. The van der Waals surface area contributed by atoms with Gasteiger partial charge in [-0.25, -0.2) is 0 Å². The van der Waals surface area contributed by atoms with E-state index in [0.29, 0.717) is 6.42 Å². The molecule has 32 heavy (non-hydrogen) atoms. The Morgan fingerprint density at radius 1 is 0.906 bits per heavy atom. The second-order valence-corrected chi connectivity index (χ2v) is 7.74. The Kier molecular flexibility index (Phi) is 5.17. The lowest BCUT2D eigenvalue weighted by Crippen LogP contribution is -2.37. The van der Waals surface area contributed by atoms with Crippen molar-refractivity contribution in [1.29, 1.82) is 0 Å². The van der Waals surface area contributed by atoms with Crippen molar-refractivity contribution >= 4 is 44.8 Å². The van der Waals surface area contributed by atoms with Crippen molar-refractivity contribution in [2.45, 2.75) is 12.5 Å². The number of anilines is 3.